The van der Waals surface area contributed by atoms with Gasteiger partial charge in [-0.25, -0.2) is 0 Å². The molecule has 0 aliphatic carbocycles. The van der Waals surface area contributed by atoms with Crippen molar-refractivity contribution in [1.29, 1.82) is 0 Å². The summed E-state index contributed by atoms with van der Waals surface area (Å²) in [6.45, 7) is 6.31. The van der Waals surface area contributed by atoms with E-state index >= 15 is 0 Å². The quantitative estimate of drug-likeness (QED) is 0.870. The maximum absolute atomic E-state index is 13.1. The van der Waals surface area contributed by atoms with Crippen LogP contribution in [0.25, 0.3) is 11.1 Å². The highest BCUT2D eigenvalue weighted by Gasteiger charge is 2.40. The van der Waals surface area contributed by atoms with Gasteiger partial charge >= 0.3 is 0 Å². The normalized spacial score (nSPS) is 19.3. The molecule has 0 atom stereocenters. The second-order valence-corrected chi connectivity index (χ2v) is 8.43. The Morgan fingerprint density at radius 3 is 2.57 bits per heavy atom. The summed E-state index contributed by atoms with van der Waals surface area (Å²) in [6.07, 6.45) is 3.52. The first-order valence-electron chi connectivity index (χ1n) is 10.0. The fraction of sp³-hybridized carbons (Fsp3) is 0.500. The number of hydrogen-bond donors (Lipinski definition) is 1. The highest BCUT2D eigenvalue weighted by atomic mass is 16.2. The fourth-order valence-electron chi connectivity index (χ4n) is 4.79. The largest absolute Gasteiger partial charge is 0.345 e. The number of H-pyrrole nitrogens is 1. The van der Waals surface area contributed by atoms with Gasteiger partial charge in [0.05, 0.1) is 5.69 Å². The van der Waals surface area contributed by atoms with E-state index in [1.807, 2.05) is 55.0 Å². The second-order valence-electron chi connectivity index (χ2n) is 8.43. The molecule has 0 bridgehead atoms. The van der Waals surface area contributed by atoms with Crippen molar-refractivity contribution in [2.45, 2.75) is 39.5 Å². The van der Waals surface area contributed by atoms with Crippen molar-refractivity contribution in [3.63, 3.8) is 0 Å². The van der Waals surface area contributed by atoms with E-state index in [1.54, 1.807) is 0 Å². The summed E-state index contributed by atoms with van der Waals surface area (Å²) in [5, 5.41) is 7.28. The highest BCUT2D eigenvalue weighted by Crippen LogP contribution is 2.40. The van der Waals surface area contributed by atoms with Gasteiger partial charge in [-0.2, -0.15) is 5.10 Å². The van der Waals surface area contributed by atoms with Crippen LogP contribution in [0.4, 0.5) is 0 Å². The van der Waals surface area contributed by atoms with Crippen molar-refractivity contribution < 1.29 is 9.59 Å². The molecule has 0 saturated carbocycles. The molecule has 28 heavy (non-hydrogen) atoms. The maximum Gasteiger partial charge on any atom is 0.253 e. The molecule has 3 heterocycles. The second kappa shape index (κ2) is 7.08. The average molecular weight is 380 g/mol. The Balaban J connectivity index is 1.48. The average Bonchev–Trinajstić information content (AvgIpc) is 3.03. The smallest absolute Gasteiger partial charge is 0.253 e. The van der Waals surface area contributed by atoms with Crippen LogP contribution in [0.2, 0.25) is 0 Å². The zero-order valence-electron chi connectivity index (χ0n) is 16.9. The van der Waals surface area contributed by atoms with Gasteiger partial charge < -0.3 is 9.80 Å². The molecule has 1 N–H and O–H groups in total. The Bertz CT molecular complexity index is 890. The number of carbonyl (C=O) groups is 2. The number of aromatic amines is 1. The zero-order chi connectivity index (χ0) is 19.9. The van der Waals surface area contributed by atoms with Crippen molar-refractivity contribution in [3.05, 3.63) is 41.2 Å². The van der Waals surface area contributed by atoms with Gasteiger partial charge in [0, 0.05) is 49.9 Å². The Hall–Kier alpha value is -2.63. The molecule has 1 aromatic heterocycles. The van der Waals surface area contributed by atoms with Crippen LogP contribution in [-0.2, 0) is 4.79 Å². The predicted octanol–water partition coefficient (Wildman–Crippen LogP) is 3.17. The van der Waals surface area contributed by atoms with Crippen LogP contribution in [-0.4, -0.2) is 58.5 Å². The number of benzene rings is 1. The zero-order valence-corrected chi connectivity index (χ0v) is 16.9. The Kier molecular flexibility index (Phi) is 4.73. The molecule has 2 saturated heterocycles. The van der Waals surface area contributed by atoms with Crippen LogP contribution in [0.3, 0.4) is 0 Å². The number of rotatable bonds is 2. The molecule has 148 valence electrons. The lowest BCUT2D eigenvalue weighted by Crippen LogP contribution is -2.51. The highest BCUT2D eigenvalue weighted by molar-refractivity contribution is 5.95. The number of aryl methyl sites for hydroxylation is 2. The molecule has 2 aromatic rings. The summed E-state index contributed by atoms with van der Waals surface area (Å²) >= 11 is 0. The van der Waals surface area contributed by atoms with E-state index in [1.165, 1.54) is 0 Å². The number of nitrogens with one attached hydrogen (secondary N) is 1. The number of likely N-dealkylation sites (tertiary alicyclic amines) is 2. The van der Waals surface area contributed by atoms with Gasteiger partial charge in [-0.05, 0) is 56.2 Å². The van der Waals surface area contributed by atoms with Gasteiger partial charge in [0.1, 0.15) is 0 Å². The summed E-state index contributed by atoms with van der Waals surface area (Å²) in [6, 6.07) is 7.85. The van der Waals surface area contributed by atoms with E-state index < -0.39 is 0 Å². The van der Waals surface area contributed by atoms with E-state index in [0.717, 1.165) is 67.0 Å². The first-order valence-corrected chi connectivity index (χ1v) is 10.0. The van der Waals surface area contributed by atoms with Gasteiger partial charge in [0.15, 0.2) is 0 Å². The molecule has 2 aliphatic rings. The molecule has 2 aliphatic heterocycles. The Morgan fingerprint density at radius 1 is 1.18 bits per heavy atom. The molecule has 1 spiro atoms. The van der Waals surface area contributed by atoms with Crippen molar-refractivity contribution in [2.24, 2.45) is 5.41 Å². The SMILES string of the molecule is Cc1n[nH]c(C)c1-c1cccc(C(=O)N2CCC3(CCC(=O)N(C)C3)CC2)c1. The molecule has 1 aromatic carbocycles. The van der Waals surface area contributed by atoms with E-state index in [4.69, 9.17) is 0 Å². The summed E-state index contributed by atoms with van der Waals surface area (Å²) < 4.78 is 0. The molecule has 2 fully saturated rings. The Labute approximate surface area is 165 Å². The van der Waals surface area contributed by atoms with Gasteiger partial charge in [-0.15, -0.1) is 0 Å². The lowest BCUT2D eigenvalue weighted by molar-refractivity contribution is -0.137. The van der Waals surface area contributed by atoms with Crippen molar-refractivity contribution in [3.8, 4) is 11.1 Å². The van der Waals surface area contributed by atoms with Crippen LogP contribution >= 0.6 is 0 Å². The lowest BCUT2D eigenvalue weighted by atomic mass is 9.72. The van der Waals surface area contributed by atoms with Gasteiger partial charge in [0.25, 0.3) is 5.91 Å². The number of aromatic nitrogens is 2. The third kappa shape index (κ3) is 3.32. The van der Waals surface area contributed by atoms with Crippen molar-refractivity contribution >= 4 is 11.8 Å². The van der Waals surface area contributed by atoms with E-state index in [-0.39, 0.29) is 17.2 Å². The standard InChI is InChI=1S/C22H28N4O2/c1-15-20(16(2)24-23-15)17-5-4-6-18(13-17)21(28)26-11-9-22(10-12-26)8-7-19(27)25(3)14-22/h4-6,13H,7-12,14H2,1-3H3,(H,23,24). The first kappa shape index (κ1) is 18.7. The predicted molar refractivity (Wildman–Crippen MR) is 108 cm³/mol. The molecule has 6 heteroatoms. The minimum atomic E-state index is 0.0933. The van der Waals surface area contributed by atoms with Crippen LogP contribution in [0.15, 0.2) is 24.3 Å². The summed E-state index contributed by atoms with van der Waals surface area (Å²) in [5.74, 6) is 0.335. The number of carbonyl (C=O) groups excluding carboxylic acids is 2. The Morgan fingerprint density at radius 2 is 1.93 bits per heavy atom. The summed E-state index contributed by atoms with van der Waals surface area (Å²) in [7, 11) is 1.89. The van der Waals surface area contributed by atoms with Crippen LogP contribution in [0.1, 0.15) is 47.4 Å². The van der Waals surface area contributed by atoms with Crippen LogP contribution < -0.4 is 0 Å². The van der Waals surface area contributed by atoms with Crippen LogP contribution in [0, 0.1) is 19.3 Å². The molecular formula is C22H28N4O2. The van der Waals surface area contributed by atoms with Crippen molar-refractivity contribution in [1.82, 2.24) is 20.0 Å². The number of nitrogens with zero attached hydrogens (tertiary/aromatic N) is 3. The summed E-state index contributed by atoms with van der Waals surface area (Å²) in [5.41, 5.74) is 4.96. The van der Waals surface area contributed by atoms with Crippen LogP contribution in [0.5, 0.6) is 0 Å². The molecule has 0 unspecified atom stereocenters. The summed E-state index contributed by atoms with van der Waals surface area (Å²) in [4.78, 5) is 28.8. The van der Waals surface area contributed by atoms with E-state index in [9.17, 15) is 9.59 Å². The molecular weight excluding hydrogens is 352 g/mol. The third-order valence-electron chi connectivity index (χ3n) is 6.51. The number of amides is 2. The maximum atomic E-state index is 13.1. The number of piperidine rings is 2. The third-order valence-corrected chi connectivity index (χ3v) is 6.51. The topological polar surface area (TPSA) is 69.3 Å². The van der Waals surface area contributed by atoms with Gasteiger partial charge in [-0.1, -0.05) is 12.1 Å². The minimum absolute atomic E-state index is 0.0933. The molecule has 2 amide bonds. The number of hydrogen-bond acceptors (Lipinski definition) is 3. The first-order chi connectivity index (χ1) is 13.4. The fourth-order valence-corrected chi connectivity index (χ4v) is 4.79. The molecule has 0 radical (unpaired) electrons. The van der Waals surface area contributed by atoms with Gasteiger partial charge in [0.2, 0.25) is 5.91 Å². The van der Waals surface area contributed by atoms with E-state index in [0.29, 0.717) is 6.42 Å². The minimum Gasteiger partial charge on any atom is -0.345 e. The molecule has 4 rings (SSSR count). The van der Waals surface area contributed by atoms with E-state index in [2.05, 4.69) is 10.2 Å². The monoisotopic (exact) mass is 380 g/mol. The molecule has 6 nitrogen and oxygen atoms in total. The van der Waals surface area contributed by atoms with Gasteiger partial charge in [-0.3, -0.25) is 14.7 Å². The lowest BCUT2D eigenvalue weighted by Gasteiger charge is -2.46. The van der Waals surface area contributed by atoms with Crippen molar-refractivity contribution in [2.75, 3.05) is 26.7 Å².